The summed E-state index contributed by atoms with van der Waals surface area (Å²) in [5, 5.41) is 11.4. The summed E-state index contributed by atoms with van der Waals surface area (Å²) in [5.41, 5.74) is 0.868. The second-order valence-electron chi connectivity index (χ2n) is 5.69. The zero-order valence-electron chi connectivity index (χ0n) is 13.1. The van der Waals surface area contributed by atoms with Gasteiger partial charge in [-0.05, 0) is 26.7 Å². The number of nitrogens with one attached hydrogen (secondary N) is 3. The smallest absolute Gasteiger partial charge is 0.315 e. The molecule has 1 heterocycles. The van der Waals surface area contributed by atoms with Gasteiger partial charge in [-0.15, -0.1) is 11.3 Å². The SMILES string of the molecule is Cc1nc([C@H](C)NC(=O)NCCNC(=O)C2CCCC2)cs1. The van der Waals surface area contributed by atoms with Crippen molar-refractivity contribution in [3.63, 3.8) is 0 Å². The standard InChI is InChI=1S/C15H24N4O2S/c1-10(13-9-22-11(2)19-13)18-15(21)17-8-7-16-14(20)12-5-3-4-6-12/h9-10,12H,3-8H2,1-2H3,(H,16,20)(H2,17,18,21)/t10-/m0/s1. The Morgan fingerprint density at radius 3 is 2.64 bits per heavy atom. The number of rotatable bonds is 6. The van der Waals surface area contributed by atoms with Crippen molar-refractivity contribution >= 4 is 23.3 Å². The number of amides is 3. The van der Waals surface area contributed by atoms with Crippen molar-refractivity contribution in [3.8, 4) is 0 Å². The molecule has 1 aliphatic rings. The Morgan fingerprint density at radius 1 is 1.32 bits per heavy atom. The Hall–Kier alpha value is -1.63. The van der Waals surface area contributed by atoms with Crippen LogP contribution in [0.5, 0.6) is 0 Å². The number of carbonyl (C=O) groups excluding carboxylic acids is 2. The normalized spacial score (nSPS) is 16.3. The van der Waals surface area contributed by atoms with Crippen molar-refractivity contribution in [2.24, 2.45) is 5.92 Å². The van der Waals surface area contributed by atoms with E-state index in [1.165, 1.54) is 0 Å². The van der Waals surface area contributed by atoms with Crippen LogP contribution in [0.25, 0.3) is 0 Å². The molecule has 3 amide bonds. The second-order valence-corrected chi connectivity index (χ2v) is 6.75. The molecule has 22 heavy (non-hydrogen) atoms. The minimum absolute atomic E-state index is 0.117. The largest absolute Gasteiger partial charge is 0.354 e. The molecule has 7 heteroatoms. The molecular weight excluding hydrogens is 300 g/mol. The number of thiazole rings is 1. The fourth-order valence-electron chi connectivity index (χ4n) is 2.59. The summed E-state index contributed by atoms with van der Waals surface area (Å²) in [5.74, 6) is 0.285. The van der Waals surface area contributed by atoms with Gasteiger partial charge in [0.05, 0.1) is 16.7 Å². The van der Waals surface area contributed by atoms with E-state index in [-0.39, 0.29) is 23.9 Å². The van der Waals surface area contributed by atoms with E-state index in [2.05, 4.69) is 20.9 Å². The van der Waals surface area contributed by atoms with Crippen molar-refractivity contribution in [3.05, 3.63) is 16.1 Å². The van der Waals surface area contributed by atoms with Crippen LogP contribution < -0.4 is 16.0 Å². The predicted molar refractivity (Wildman–Crippen MR) is 86.8 cm³/mol. The molecule has 1 aliphatic carbocycles. The van der Waals surface area contributed by atoms with Crippen LogP contribution in [-0.2, 0) is 4.79 Å². The van der Waals surface area contributed by atoms with E-state index in [0.29, 0.717) is 13.1 Å². The third-order valence-electron chi connectivity index (χ3n) is 3.86. The van der Waals surface area contributed by atoms with Crippen molar-refractivity contribution < 1.29 is 9.59 Å². The molecule has 3 N–H and O–H groups in total. The van der Waals surface area contributed by atoms with Crippen molar-refractivity contribution in [1.29, 1.82) is 0 Å². The molecule has 2 rings (SSSR count). The Bertz CT molecular complexity index is 511. The third-order valence-corrected chi connectivity index (χ3v) is 4.66. The summed E-state index contributed by atoms with van der Waals surface area (Å²) in [6.45, 7) is 4.73. The van der Waals surface area contributed by atoms with Crippen LogP contribution in [0.1, 0.15) is 49.4 Å². The highest BCUT2D eigenvalue weighted by atomic mass is 32.1. The lowest BCUT2D eigenvalue weighted by molar-refractivity contribution is -0.124. The summed E-state index contributed by atoms with van der Waals surface area (Å²) in [7, 11) is 0. The molecule has 0 bridgehead atoms. The first-order valence-electron chi connectivity index (χ1n) is 7.80. The van der Waals surface area contributed by atoms with E-state index in [9.17, 15) is 9.59 Å². The lowest BCUT2D eigenvalue weighted by Crippen LogP contribution is -2.42. The van der Waals surface area contributed by atoms with Crippen LogP contribution >= 0.6 is 11.3 Å². The number of nitrogens with zero attached hydrogens (tertiary/aromatic N) is 1. The lowest BCUT2D eigenvalue weighted by atomic mass is 10.1. The van der Waals surface area contributed by atoms with E-state index >= 15 is 0 Å². The van der Waals surface area contributed by atoms with Crippen LogP contribution in [0.4, 0.5) is 4.79 Å². The topological polar surface area (TPSA) is 83.1 Å². The van der Waals surface area contributed by atoms with Gasteiger partial charge in [-0.2, -0.15) is 0 Å². The highest BCUT2D eigenvalue weighted by molar-refractivity contribution is 7.09. The second kappa shape index (κ2) is 8.12. The van der Waals surface area contributed by atoms with Crippen LogP contribution in [0.2, 0.25) is 0 Å². The average molecular weight is 324 g/mol. The number of hydrogen-bond donors (Lipinski definition) is 3. The van der Waals surface area contributed by atoms with Gasteiger partial charge in [0, 0.05) is 24.4 Å². The Balaban J connectivity index is 1.60. The van der Waals surface area contributed by atoms with Gasteiger partial charge in [-0.1, -0.05) is 12.8 Å². The average Bonchev–Trinajstić information content (AvgIpc) is 3.14. The minimum atomic E-state index is -0.242. The molecule has 6 nitrogen and oxygen atoms in total. The molecule has 1 aromatic heterocycles. The third kappa shape index (κ3) is 4.98. The van der Waals surface area contributed by atoms with Crippen LogP contribution in [0, 0.1) is 12.8 Å². The van der Waals surface area contributed by atoms with E-state index in [4.69, 9.17) is 0 Å². The quantitative estimate of drug-likeness (QED) is 0.701. The first-order chi connectivity index (χ1) is 10.6. The highest BCUT2D eigenvalue weighted by Gasteiger charge is 2.21. The molecule has 0 spiro atoms. The van der Waals surface area contributed by atoms with Gasteiger partial charge in [0.25, 0.3) is 0 Å². The lowest BCUT2D eigenvalue weighted by Gasteiger charge is -2.14. The minimum Gasteiger partial charge on any atom is -0.354 e. The Kier molecular flexibility index (Phi) is 6.18. The molecule has 0 aliphatic heterocycles. The highest BCUT2D eigenvalue weighted by Crippen LogP contribution is 2.24. The van der Waals surface area contributed by atoms with E-state index in [1.54, 1.807) is 11.3 Å². The van der Waals surface area contributed by atoms with E-state index in [1.807, 2.05) is 19.2 Å². The van der Waals surface area contributed by atoms with Gasteiger partial charge in [-0.3, -0.25) is 4.79 Å². The summed E-state index contributed by atoms with van der Waals surface area (Å²) in [6, 6.07) is -0.369. The summed E-state index contributed by atoms with van der Waals surface area (Å²) >= 11 is 1.57. The first kappa shape index (κ1) is 16.7. The summed E-state index contributed by atoms with van der Waals surface area (Å²) in [4.78, 5) is 27.9. The van der Waals surface area contributed by atoms with Gasteiger partial charge >= 0.3 is 6.03 Å². The number of urea groups is 1. The molecule has 1 saturated carbocycles. The Morgan fingerprint density at radius 2 is 2.00 bits per heavy atom. The molecule has 122 valence electrons. The maximum atomic E-state index is 11.8. The number of hydrogen-bond acceptors (Lipinski definition) is 4. The zero-order chi connectivity index (χ0) is 15.9. The predicted octanol–water partition coefficient (Wildman–Crippen LogP) is 2.12. The molecule has 1 atom stereocenters. The van der Waals surface area contributed by atoms with Gasteiger partial charge < -0.3 is 16.0 Å². The summed E-state index contributed by atoms with van der Waals surface area (Å²) < 4.78 is 0. The van der Waals surface area contributed by atoms with Crippen LogP contribution in [0.3, 0.4) is 0 Å². The summed E-state index contributed by atoms with van der Waals surface area (Å²) in [6.07, 6.45) is 4.27. The van der Waals surface area contributed by atoms with E-state index < -0.39 is 0 Å². The maximum absolute atomic E-state index is 11.8. The molecule has 1 aromatic rings. The number of aryl methyl sites for hydroxylation is 1. The molecule has 0 radical (unpaired) electrons. The fourth-order valence-corrected chi connectivity index (χ4v) is 3.30. The first-order valence-corrected chi connectivity index (χ1v) is 8.68. The fraction of sp³-hybridized carbons (Fsp3) is 0.667. The molecular formula is C15H24N4O2S. The molecule has 0 saturated heterocycles. The molecule has 0 aromatic carbocycles. The van der Waals surface area contributed by atoms with Crippen molar-refractivity contribution in [1.82, 2.24) is 20.9 Å². The van der Waals surface area contributed by atoms with Gasteiger partial charge in [0.1, 0.15) is 0 Å². The molecule has 1 fully saturated rings. The maximum Gasteiger partial charge on any atom is 0.315 e. The van der Waals surface area contributed by atoms with Crippen molar-refractivity contribution in [2.45, 2.75) is 45.6 Å². The van der Waals surface area contributed by atoms with E-state index in [0.717, 1.165) is 36.4 Å². The van der Waals surface area contributed by atoms with Gasteiger partial charge in [0.2, 0.25) is 5.91 Å². The Labute approximate surface area is 135 Å². The zero-order valence-corrected chi connectivity index (χ0v) is 14.0. The van der Waals surface area contributed by atoms with Crippen LogP contribution in [0.15, 0.2) is 5.38 Å². The van der Waals surface area contributed by atoms with Crippen molar-refractivity contribution in [2.75, 3.05) is 13.1 Å². The van der Waals surface area contributed by atoms with Gasteiger partial charge in [-0.25, -0.2) is 9.78 Å². The number of carbonyl (C=O) groups is 2. The molecule has 0 unspecified atom stereocenters. The van der Waals surface area contributed by atoms with Crippen LogP contribution in [-0.4, -0.2) is 30.0 Å². The van der Waals surface area contributed by atoms with Gasteiger partial charge in [0.15, 0.2) is 0 Å². The number of aromatic nitrogens is 1. The monoisotopic (exact) mass is 324 g/mol.